The fourth-order valence-corrected chi connectivity index (χ4v) is 3.91. The van der Waals surface area contributed by atoms with Gasteiger partial charge < -0.3 is 19.6 Å². The molecule has 0 bridgehead atoms. The van der Waals surface area contributed by atoms with Gasteiger partial charge in [0, 0.05) is 24.9 Å². The number of carbonyl (C=O) groups is 2. The lowest BCUT2D eigenvalue weighted by Crippen LogP contribution is -2.24. The van der Waals surface area contributed by atoms with Gasteiger partial charge in [-0.05, 0) is 66.9 Å². The number of nitrogens with one attached hydrogen (secondary N) is 1. The summed E-state index contributed by atoms with van der Waals surface area (Å²) in [5.41, 5.74) is 2.54. The van der Waals surface area contributed by atoms with Gasteiger partial charge in [-0.1, -0.05) is 24.3 Å². The molecule has 0 aliphatic rings. The van der Waals surface area contributed by atoms with Gasteiger partial charge in [-0.2, -0.15) is 0 Å². The van der Waals surface area contributed by atoms with Gasteiger partial charge in [-0.25, -0.2) is 13.8 Å². The first-order valence-corrected chi connectivity index (χ1v) is 12.0. The second-order valence-electron chi connectivity index (χ2n) is 8.62. The SMILES string of the molecule is Cc1oc(-c2ccccc2)nc1CCOc1ccc(CCC(=O)O)c(CNC(=O)c2cc(F)ccc2F)c1. The number of oxazole rings is 1. The average Bonchev–Trinajstić information content (AvgIpc) is 3.28. The van der Waals surface area contributed by atoms with E-state index in [1.54, 1.807) is 18.2 Å². The van der Waals surface area contributed by atoms with Crippen molar-refractivity contribution in [2.24, 2.45) is 0 Å². The lowest BCUT2D eigenvalue weighted by atomic mass is 10.0. The molecule has 1 aromatic heterocycles. The zero-order valence-corrected chi connectivity index (χ0v) is 20.7. The maximum atomic E-state index is 14.0. The summed E-state index contributed by atoms with van der Waals surface area (Å²) < 4.78 is 39.2. The van der Waals surface area contributed by atoms with Crippen LogP contribution in [-0.4, -0.2) is 28.6 Å². The molecule has 196 valence electrons. The number of nitrogens with zero attached hydrogens (tertiary/aromatic N) is 1. The summed E-state index contributed by atoms with van der Waals surface area (Å²) in [5, 5.41) is 11.7. The Hall–Kier alpha value is -4.53. The van der Waals surface area contributed by atoms with Gasteiger partial charge in [0.05, 0.1) is 17.9 Å². The van der Waals surface area contributed by atoms with Gasteiger partial charge in [-0.3, -0.25) is 9.59 Å². The topological polar surface area (TPSA) is 102 Å². The van der Waals surface area contributed by atoms with Crippen molar-refractivity contribution in [3.63, 3.8) is 0 Å². The first kappa shape index (κ1) is 26.5. The summed E-state index contributed by atoms with van der Waals surface area (Å²) in [4.78, 5) is 28.1. The van der Waals surface area contributed by atoms with Crippen molar-refractivity contribution in [2.75, 3.05) is 6.61 Å². The highest BCUT2D eigenvalue weighted by atomic mass is 19.1. The van der Waals surface area contributed by atoms with E-state index in [1.165, 1.54) is 0 Å². The van der Waals surface area contributed by atoms with Crippen molar-refractivity contribution in [3.8, 4) is 17.2 Å². The standard InChI is InChI=1S/C29H26F2N2O5/c1-18-26(33-29(38-18)20-5-3-2-4-6-20)13-14-37-23-10-7-19(8-12-27(34)35)21(15-23)17-32-28(36)24-16-22(30)9-11-25(24)31/h2-7,9-11,15-16H,8,12-14,17H2,1H3,(H,32,36)(H,34,35). The van der Waals surface area contributed by atoms with Crippen LogP contribution in [0.25, 0.3) is 11.5 Å². The van der Waals surface area contributed by atoms with Gasteiger partial charge in [0.2, 0.25) is 5.89 Å². The number of rotatable bonds is 11. The number of hydrogen-bond donors (Lipinski definition) is 2. The molecule has 0 atom stereocenters. The molecule has 0 aliphatic heterocycles. The molecule has 0 fully saturated rings. The Morgan fingerprint density at radius 2 is 1.79 bits per heavy atom. The smallest absolute Gasteiger partial charge is 0.303 e. The molecule has 4 aromatic rings. The van der Waals surface area contributed by atoms with E-state index in [1.807, 2.05) is 37.3 Å². The molecule has 9 heteroatoms. The molecule has 0 saturated heterocycles. The van der Waals surface area contributed by atoms with Crippen LogP contribution in [0.2, 0.25) is 0 Å². The Bertz CT molecular complexity index is 1440. The summed E-state index contributed by atoms with van der Waals surface area (Å²) in [6.07, 6.45) is 0.623. The molecule has 2 N–H and O–H groups in total. The molecule has 0 aliphatic carbocycles. The van der Waals surface area contributed by atoms with Crippen LogP contribution >= 0.6 is 0 Å². The molecular weight excluding hydrogens is 494 g/mol. The minimum atomic E-state index is -0.958. The van der Waals surface area contributed by atoms with E-state index < -0.39 is 29.1 Å². The van der Waals surface area contributed by atoms with Gasteiger partial charge in [0.25, 0.3) is 5.91 Å². The maximum absolute atomic E-state index is 14.0. The van der Waals surface area contributed by atoms with E-state index in [2.05, 4.69) is 10.3 Å². The normalized spacial score (nSPS) is 10.8. The number of carbonyl (C=O) groups excluding carboxylic acids is 1. The van der Waals surface area contributed by atoms with E-state index in [0.29, 0.717) is 41.6 Å². The number of aryl methyl sites for hydroxylation is 2. The molecular formula is C29H26F2N2O5. The van der Waals surface area contributed by atoms with E-state index in [0.717, 1.165) is 29.5 Å². The molecule has 0 unspecified atom stereocenters. The van der Waals surface area contributed by atoms with Crippen molar-refractivity contribution in [2.45, 2.75) is 32.7 Å². The van der Waals surface area contributed by atoms with Gasteiger partial charge in [0.15, 0.2) is 0 Å². The van der Waals surface area contributed by atoms with Crippen LogP contribution < -0.4 is 10.1 Å². The minimum absolute atomic E-state index is 0.0240. The second-order valence-corrected chi connectivity index (χ2v) is 8.62. The van der Waals surface area contributed by atoms with Crippen LogP contribution in [0.15, 0.2) is 71.1 Å². The van der Waals surface area contributed by atoms with Crippen molar-refractivity contribution >= 4 is 11.9 Å². The Morgan fingerprint density at radius 1 is 1.00 bits per heavy atom. The highest BCUT2D eigenvalue weighted by Gasteiger charge is 2.15. The fourth-order valence-electron chi connectivity index (χ4n) is 3.91. The number of carboxylic acid groups (broad SMARTS) is 1. The summed E-state index contributed by atoms with van der Waals surface area (Å²) in [5.74, 6) is -1.57. The Labute approximate surface area is 218 Å². The molecule has 3 aromatic carbocycles. The van der Waals surface area contributed by atoms with E-state index in [4.69, 9.17) is 14.3 Å². The number of aromatic nitrogens is 1. The summed E-state index contributed by atoms with van der Waals surface area (Å²) in [7, 11) is 0. The van der Waals surface area contributed by atoms with E-state index in [9.17, 15) is 18.4 Å². The molecule has 1 heterocycles. The highest BCUT2D eigenvalue weighted by Crippen LogP contribution is 2.23. The minimum Gasteiger partial charge on any atom is -0.493 e. The third kappa shape index (κ3) is 6.82. The third-order valence-corrected chi connectivity index (χ3v) is 5.92. The molecule has 38 heavy (non-hydrogen) atoms. The quantitative estimate of drug-likeness (QED) is 0.271. The Morgan fingerprint density at radius 3 is 2.55 bits per heavy atom. The lowest BCUT2D eigenvalue weighted by molar-refractivity contribution is -0.136. The van der Waals surface area contributed by atoms with E-state index >= 15 is 0 Å². The maximum Gasteiger partial charge on any atom is 0.303 e. The predicted molar refractivity (Wildman–Crippen MR) is 136 cm³/mol. The monoisotopic (exact) mass is 520 g/mol. The zero-order chi connectivity index (χ0) is 27.1. The second kappa shape index (κ2) is 12.1. The molecule has 0 spiro atoms. The van der Waals surface area contributed by atoms with Gasteiger partial charge >= 0.3 is 5.97 Å². The highest BCUT2D eigenvalue weighted by molar-refractivity contribution is 5.94. The van der Waals surface area contributed by atoms with Gasteiger partial charge in [-0.15, -0.1) is 0 Å². The molecule has 0 saturated carbocycles. The predicted octanol–water partition coefficient (Wildman–Crippen LogP) is 5.50. The lowest BCUT2D eigenvalue weighted by Gasteiger charge is -2.14. The van der Waals surface area contributed by atoms with Gasteiger partial charge in [0.1, 0.15) is 23.1 Å². The van der Waals surface area contributed by atoms with Crippen LogP contribution in [-0.2, 0) is 24.2 Å². The molecule has 7 nitrogen and oxygen atoms in total. The largest absolute Gasteiger partial charge is 0.493 e. The number of aliphatic carboxylic acids is 1. The van der Waals surface area contributed by atoms with E-state index in [-0.39, 0.29) is 19.4 Å². The van der Waals surface area contributed by atoms with Crippen LogP contribution in [0.3, 0.4) is 0 Å². The zero-order valence-electron chi connectivity index (χ0n) is 20.7. The number of amides is 1. The van der Waals surface area contributed by atoms with Crippen LogP contribution in [0.1, 0.15) is 39.4 Å². The number of carboxylic acids is 1. The van der Waals surface area contributed by atoms with Crippen molar-refractivity contribution in [3.05, 3.63) is 107 Å². The van der Waals surface area contributed by atoms with Crippen molar-refractivity contribution in [1.29, 1.82) is 0 Å². The van der Waals surface area contributed by atoms with Crippen LogP contribution in [0, 0.1) is 18.6 Å². The van der Waals surface area contributed by atoms with Crippen LogP contribution in [0.5, 0.6) is 5.75 Å². The van der Waals surface area contributed by atoms with Crippen molar-refractivity contribution in [1.82, 2.24) is 10.3 Å². The third-order valence-electron chi connectivity index (χ3n) is 5.92. The number of benzene rings is 3. The summed E-state index contributed by atoms with van der Waals surface area (Å²) >= 11 is 0. The number of hydrogen-bond acceptors (Lipinski definition) is 5. The Kier molecular flexibility index (Phi) is 8.47. The Balaban J connectivity index is 1.43. The first-order chi connectivity index (χ1) is 18.3. The number of ether oxygens (including phenoxy) is 1. The summed E-state index contributed by atoms with van der Waals surface area (Å²) in [6.45, 7) is 2.12. The summed E-state index contributed by atoms with van der Waals surface area (Å²) in [6, 6.07) is 17.4. The molecule has 0 radical (unpaired) electrons. The molecule has 1 amide bonds. The average molecular weight is 521 g/mol. The van der Waals surface area contributed by atoms with Crippen molar-refractivity contribution < 1.29 is 32.6 Å². The number of halogens is 2. The van der Waals surface area contributed by atoms with Crippen LogP contribution in [0.4, 0.5) is 8.78 Å². The first-order valence-electron chi connectivity index (χ1n) is 12.0. The molecule has 4 rings (SSSR count). The fraction of sp³-hybridized carbons (Fsp3) is 0.207.